The number of hydrazine groups is 1. The highest BCUT2D eigenvalue weighted by atomic mass is 35.5. The minimum atomic E-state index is -1.02. The van der Waals surface area contributed by atoms with Gasteiger partial charge in [0.25, 0.3) is 11.8 Å². The molecule has 27 heavy (non-hydrogen) atoms. The van der Waals surface area contributed by atoms with Gasteiger partial charge in [0.1, 0.15) is 0 Å². The molecule has 8 nitrogen and oxygen atoms in total. The van der Waals surface area contributed by atoms with Crippen LogP contribution in [0.3, 0.4) is 0 Å². The zero-order valence-electron chi connectivity index (χ0n) is 14.5. The minimum Gasteiger partial charge on any atom is -0.346 e. The van der Waals surface area contributed by atoms with E-state index in [4.69, 9.17) is 11.6 Å². The maximum absolute atomic E-state index is 12.3. The standard InChI is InChI=1S/C17H17ClN4O4S/c1-9(2)19-16(25)17(26)22-21-14(23)11-6-5-10(18)8-12(11)20-15(24)13-4-3-7-27-13/h3-9H,1-2H3,(H,19,25)(H,20,24)(H,21,23)(H,22,26). The van der Waals surface area contributed by atoms with Crippen LogP contribution < -0.4 is 21.5 Å². The molecule has 0 aliphatic heterocycles. The minimum absolute atomic E-state index is 0.0638. The van der Waals surface area contributed by atoms with Crippen LogP contribution in [-0.2, 0) is 9.59 Å². The van der Waals surface area contributed by atoms with E-state index in [1.54, 1.807) is 31.4 Å². The number of rotatable bonds is 4. The second-order valence-electron chi connectivity index (χ2n) is 5.66. The van der Waals surface area contributed by atoms with Crippen LogP contribution in [0.4, 0.5) is 5.69 Å². The Morgan fingerprint density at radius 1 is 1.00 bits per heavy atom. The Bertz CT molecular complexity index is 868. The van der Waals surface area contributed by atoms with E-state index in [-0.39, 0.29) is 17.3 Å². The molecule has 0 fully saturated rings. The van der Waals surface area contributed by atoms with Crippen molar-refractivity contribution in [2.75, 3.05) is 5.32 Å². The molecule has 0 spiro atoms. The molecule has 0 radical (unpaired) electrons. The van der Waals surface area contributed by atoms with Gasteiger partial charge in [-0.2, -0.15) is 0 Å². The number of thiophene rings is 1. The Labute approximate surface area is 164 Å². The van der Waals surface area contributed by atoms with Gasteiger partial charge in [0, 0.05) is 11.1 Å². The summed E-state index contributed by atoms with van der Waals surface area (Å²) < 4.78 is 0. The maximum atomic E-state index is 12.3. The van der Waals surface area contributed by atoms with Crippen LogP contribution in [0.15, 0.2) is 35.7 Å². The third kappa shape index (κ3) is 5.80. The van der Waals surface area contributed by atoms with Crippen LogP contribution in [0.1, 0.15) is 33.9 Å². The number of amides is 4. The first-order valence-electron chi connectivity index (χ1n) is 7.83. The number of carbonyl (C=O) groups excluding carboxylic acids is 4. The van der Waals surface area contributed by atoms with Crippen molar-refractivity contribution >= 4 is 52.3 Å². The fourth-order valence-electron chi connectivity index (χ4n) is 1.97. The van der Waals surface area contributed by atoms with Gasteiger partial charge in [0.05, 0.1) is 16.1 Å². The Balaban J connectivity index is 2.08. The highest BCUT2D eigenvalue weighted by molar-refractivity contribution is 7.12. The van der Waals surface area contributed by atoms with E-state index in [1.165, 1.54) is 29.5 Å². The van der Waals surface area contributed by atoms with Gasteiger partial charge in [0.15, 0.2) is 0 Å². The molecule has 0 atom stereocenters. The van der Waals surface area contributed by atoms with E-state index >= 15 is 0 Å². The lowest BCUT2D eigenvalue weighted by atomic mass is 10.1. The summed E-state index contributed by atoms with van der Waals surface area (Å²) in [6.45, 7) is 3.39. The maximum Gasteiger partial charge on any atom is 0.327 e. The summed E-state index contributed by atoms with van der Waals surface area (Å²) in [5.74, 6) is -3.02. The van der Waals surface area contributed by atoms with E-state index in [0.717, 1.165) is 0 Å². The van der Waals surface area contributed by atoms with Gasteiger partial charge in [-0.3, -0.25) is 30.0 Å². The predicted octanol–water partition coefficient (Wildman–Crippen LogP) is 1.94. The summed E-state index contributed by atoms with van der Waals surface area (Å²) in [6.07, 6.45) is 0. The number of carbonyl (C=O) groups is 4. The summed E-state index contributed by atoms with van der Waals surface area (Å²) >= 11 is 7.19. The van der Waals surface area contributed by atoms with Crippen LogP contribution in [0.2, 0.25) is 5.02 Å². The van der Waals surface area contributed by atoms with Gasteiger partial charge < -0.3 is 10.6 Å². The fraction of sp³-hybridized carbons (Fsp3) is 0.176. The first kappa shape index (κ1) is 20.4. The fourth-order valence-corrected chi connectivity index (χ4v) is 2.77. The predicted molar refractivity (Wildman–Crippen MR) is 103 cm³/mol. The molecule has 2 aromatic rings. The van der Waals surface area contributed by atoms with Crippen molar-refractivity contribution in [3.8, 4) is 0 Å². The van der Waals surface area contributed by atoms with Gasteiger partial charge in [0.2, 0.25) is 0 Å². The van der Waals surface area contributed by atoms with E-state index in [0.29, 0.717) is 9.90 Å². The topological polar surface area (TPSA) is 116 Å². The molecule has 0 saturated carbocycles. The van der Waals surface area contributed by atoms with Crippen molar-refractivity contribution in [2.45, 2.75) is 19.9 Å². The lowest BCUT2D eigenvalue weighted by Gasteiger charge is -2.13. The number of hydrogen-bond donors (Lipinski definition) is 4. The highest BCUT2D eigenvalue weighted by Crippen LogP contribution is 2.22. The summed E-state index contributed by atoms with van der Waals surface area (Å²) in [6, 6.07) is 7.40. The second-order valence-corrected chi connectivity index (χ2v) is 7.04. The Morgan fingerprint density at radius 2 is 1.74 bits per heavy atom. The zero-order valence-corrected chi connectivity index (χ0v) is 16.0. The molecule has 1 aromatic heterocycles. The van der Waals surface area contributed by atoms with E-state index < -0.39 is 23.6 Å². The van der Waals surface area contributed by atoms with Crippen molar-refractivity contribution in [2.24, 2.45) is 0 Å². The summed E-state index contributed by atoms with van der Waals surface area (Å²) in [5, 5.41) is 7.06. The number of halogens is 1. The molecule has 4 N–H and O–H groups in total. The van der Waals surface area contributed by atoms with Crippen molar-refractivity contribution in [1.82, 2.24) is 16.2 Å². The lowest BCUT2D eigenvalue weighted by Crippen LogP contribution is -2.49. The number of hydrogen-bond acceptors (Lipinski definition) is 5. The van der Waals surface area contributed by atoms with Crippen LogP contribution in [0.25, 0.3) is 0 Å². The molecule has 4 amide bonds. The summed E-state index contributed by atoms with van der Waals surface area (Å²) in [7, 11) is 0. The molecule has 0 unspecified atom stereocenters. The average molecular weight is 409 g/mol. The van der Waals surface area contributed by atoms with Crippen LogP contribution in [0.5, 0.6) is 0 Å². The molecular weight excluding hydrogens is 392 g/mol. The lowest BCUT2D eigenvalue weighted by molar-refractivity contribution is -0.139. The van der Waals surface area contributed by atoms with Crippen molar-refractivity contribution < 1.29 is 19.2 Å². The quantitative estimate of drug-likeness (QED) is 0.457. The first-order valence-corrected chi connectivity index (χ1v) is 9.09. The zero-order chi connectivity index (χ0) is 20.0. The van der Waals surface area contributed by atoms with Gasteiger partial charge in [-0.05, 0) is 43.5 Å². The van der Waals surface area contributed by atoms with Crippen molar-refractivity contribution in [3.05, 3.63) is 51.2 Å². The normalized spacial score (nSPS) is 10.2. The van der Waals surface area contributed by atoms with E-state index in [1.807, 2.05) is 5.43 Å². The van der Waals surface area contributed by atoms with Crippen molar-refractivity contribution in [3.63, 3.8) is 0 Å². The largest absolute Gasteiger partial charge is 0.346 e. The Hall–Kier alpha value is -2.91. The number of benzene rings is 1. The smallest absolute Gasteiger partial charge is 0.327 e. The molecule has 0 saturated heterocycles. The van der Waals surface area contributed by atoms with E-state index in [2.05, 4.69) is 16.1 Å². The third-order valence-electron chi connectivity index (χ3n) is 3.13. The highest BCUT2D eigenvalue weighted by Gasteiger charge is 2.18. The molecule has 1 aromatic carbocycles. The van der Waals surface area contributed by atoms with Crippen LogP contribution in [-0.4, -0.2) is 29.7 Å². The first-order chi connectivity index (χ1) is 12.8. The molecule has 0 aliphatic rings. The van der Waals surface area contributed by atoms with Gasteiger partial charge in [-0.25, -0.2) is 0 Å². The monoisotopic (exact) mass is 408 g/mol. The van der Waals surface area contributed by atoms with Gasteiger partial charge >= 0.3 is 11.8 Å². The molecular formula is C17H17ClN4O4S. The molecule has 10 heteroatoms. The number of nitrogens with one attached hydrogen (secondary N) is 4. The molecule has 0 bridgehead atoms. The summed E-state index contributed by atoms with van der Waals surface area (Å²) in [4.78, 5) is 48.2. The molecule has 142 valence electrons. The Morgan fingerprint density at radius 3 is 2.37 bits per heavy atom. The summed E-state index contributed by atoms with van der Waals surface area (Å²) in [5.41, 5.74) is 4.37. The molecule has 1 heterocycles. The second kappa shape index (κ2) is 9.15. The third-order valence-corrected chi connectivity index (χ3v) is 4.24. The van der Waals surface area contributed by atoms with Gasteiger partial charge in [-0.1, -0.05) is 17.7 Å². The van der Waals surface area contributed by atoms with Crippen LogP contribution in [0, 0.1) is 0 Å². The Kier molecular flexibility index (Phi) is 6.91. The van der Waals surface area contributed by atoms with Gasteiger partial charge in [-0.15, -0.1) is 11.3 Å². The van der Waals surface area contributed by atoms with Crippen molar-refractivity contribution in [1.29, 1.82) is 0 Å². The average Bonchev–Trinajstić information content (AvgIpc) is 3.13. The number of anilines is 1. The van der Waals surface area contributed by atoms with E-state index in [9.17, 15) is 19.2 Å². The molecule has 2 rings (SSSR count). The molecule has 0 aliphatic carbocycles. The van der Waals surface area contributed by atoms with Crippen LogP contribution >= 0.6 is 22.9 Å². The SMILES string of the molecule is CC(C)NC(=O)C(=O)NNC(=O)c1ccc(Cl)cc1NC(=O)c1cccs1.